The number of hydrogen-bond acceptors (Lipinski definition) is 2. The van der Waals surface area contributed by atoms with E-state index in [9.17, 15) is 0 Å². The summed E-state index contributed by atoms with van der Waals surface area (Å²) in [5.41, 5.74) is 1.36. The molecule has 0 bridgehead atoms. The normalized spacial score (nSPS) is 17.7. The second kappa shape index (κ2) is 8.79. The Morgan fingerprint density at radius 2 is 2.05 bits per heavy atom. The monoisotopic (exact) mass is 353 g/mol. The molecule has 118 valence electrons. The number of benzene rings is 1. The van der Waals surface area contributed by atoms with Gasteiger partial charge in [0, 0.05) is 6.04 Å². The number of halogens is 1. The van der Waals surface area contributed by atoms with Crippen molar-refractivity contribution in [3.63, 3.8) is 0 Å². The second-order valence-corrected chi connectivity index (χ2v) is 6.94. The molecule has 0 aromatic heterocycles. The Balaban J connectivity index is 1.98. The lowest BCUT2D eigenvalue weighted by molar-refractivity contribution is 0.315. The number of rotatable bonds is 7. The fourth-order valence-electron chi connectivity index (χ4n) is 3.41. The zero-order valence-electron chi connectivity index (χ0n) is 13.3. The first-order valence-corrected chi connectivity index (χ1v) is 9.10. The quantitative estimate of drug-likeness (QED) is 0.701. The molecule has 1 atom stereocenters. The standard InChI is InChI=1S/C18H28BrNO/c1-3-20-17(11-9-14-7-5-4-6-8-14)15-10-12-18(21-2)16(19)13-15/h10,12-14,17,20H,3-9,11H2,1-2H3. The van der Waals surface area contributed by atoms with Gasteiger partial charge in [-0.15, -0.1) is 0 Å². The van der Waals surface area contributed by atoms with Crippen LogP contribution in [0.5, 0.6) is 5.75 Å². The predicted octanol–water partition coefficient (Wildman–Crippen LogP) is 5.47. The molecular formula is C18H28BrNO. The molecule has 3 heteroatoms. The van der Waals surface area contributed by atoms with Crippen LogP contribution in [-0.4, -0.2) is 13.7 Å². The molecule has 1 unspecified atom stereocenters. The molecule has 0 amide bonds. The van der Waals surface area contributed by atoms with Gasteiger partial charge < -0.3 is 10.1 Å². The van der Waals surface area contributed by atoms with Crippen LogP contribution in [0.15, 0.2) is 22.7 Å². The Morgan fingerprint density at radius 3 is 2.67 bits per heavy atom. The van der Waals surface area contributed by atoms with Gasteiger partial charge in [-0.05, 0) is 58.9 Å². The molecule has 1 fully saturated rings. The van der Waals surface area contributed by atoms with Crippen molar-refractivity contribution < 1.29 is 4.74 Å². The fourth-order valence-corrected chi connectivity index (χ4v) is 3.97. The number of ether oxygens (including phenoxy) is 1. The predicted molar refractivity (Wildman–Crippen MR) is 92.9 cm³/mol. The minimum atomic E-state index is 0.458. The van der Waals surface area contributed by atoms with Crippen molar-refractivity contribution in [2.75, 3.05) is 13.7 Å². The summed E-state index contributed by atoms with van der Waals surface area (Å²) < 4.78 is 6.37. The first kappa shape index (κ1) is 16.8. The highest BCUT2D eigenvalue weighted by molar-refractivity contribution is 9.10. The third kappa shape index (κ3) is 5.00. The summed E-state index contributed by atoms with van der Waals surface area (Å²) in [6.45, 7) is 3.20. The van der Waals surface area contributed by atoms with Crippen LogP contribution in [0.2, 0.25) is 0 Å². The third-order valence-electron chi connectivity index (χ3n) is 4.62. The van der Waals surface area contributed by atoms with Gasteiger partial charge in [0.2, 0.25) is 0 Å². The number of hydrogen-bond donors (Lipinski definition) is 1. The van der Waals surface area contributed by atoms with Crippen LogP contribution in [-0.2, 0) is 0 Å². The molecular weight excluding hydrogens is 326 g/mol. The van der Waals surface area contributed by atoms with Crippen molar-refractivity contribution >= 4 is 15.9 Å². The maximum atomic E-state index is 5.33. The first-order chi connectivity index (χ1) is 10.2. The SMILES string of the molecule is CCNC(CCC1CCCCC1)c1ccc(OC)c(Br)c1. The minimum absolute atomic E-state index is 0.458. The van der Waals surface area contributed by atoms with Crippen LogP contribution in [0.3, 0.4) is 0 Å². The van der Waals surface area contributed by atoms with Crippen molar-refractivity contribution in [1.29, 1.82) is 0 Å². The molecule has 1 aliphatic carbocycles. The summed E-state index contributed by atoms with van der Waals surface area (Å²) in [6, 6.07) is 6.91. The van der Waals surface area contributed by atoms with Crippen LogP contribution in [0.4, 0.5) is 0 Å². The summed E-state index contributed by atoms with van der Waals surface area (Å²) in [5.74, 6) is 1.85. The molecule has 2 nitrogen and oxygen atoms in total. The molecule has 1 aromatic rings. The number of methoxy groups -OCH3 is 1. The lowest BCUT2D eigenvalue weighted by Crippen LogP contribution is -2.22. The average molecular weight is 354 g/mol. The lowest BCUT2D eigenvalue weighted by atomic mass is 9.84. The highest BCUT2D eigenvalue weighted by Gasteiger charge is 2.17. The van der Waals surface area contributed by atoms with Gasteiger partial charge in [0.25, 0.3) is 0 Å². The Hall–Kier alpha value is -0.540. The van der Waals surface area contributed by atoms with Crippen LogP contribution in [0.1, 0.15) is 63.5 Å². The Morgan fingerprint density at radius 1 is 1.29 bits per heavy atom. The molecule has 1 aromatic carbocycles. The summed E-state index contributed by atoms with van der Waals surface area (Å²) in [4.78, 5) is 0. The van der Waals surface area contributed by atoms with Crippen molar-refractivity contribution in [3.8, 4) is 5.75 Å². The van der Waals surface area contributed by atoms with Crippen molar-refractivity contribution in [2.45, 2.75) is 57.9 Å². The maximum Gasteiger partial charge on any atom is 0.133 e. The van der Waals surface area contributed by atoms with Gasteiger partial charge in [0.15, 0.2) is 0 Å². The van der Waals surface area contributed by atoms with Gasteiger partial charge in [0.1, 0.15) is 5.75 Å². The number of nitrogens with one attached hydrogen (secondary N) is 1. The lowest BCUT2D eigenvalue weighted by Gasteiger charge is -2.25. The summed E-state index contributed by atoms with van der Waals surface area (Å²) in [5, 5.41) is 3.64. The molecule has 1 aliphatic rings. The Bertz CT molecular complexity index is 429. The van der Waals surface area contributed by atoms with E-state index in [-0.39, 0.29) is 0 Å². The van der Waals surface area contributed by atoms with E-state index in [1.54, 1.807) is 7.11 Å². The van der Waals surface area contributed by atoms with E-state index >= 15 is 0 Å². The molecule has 2 rings (SSSR count). The molecule has 1 N–H and O–H groups in total. The van der Waals surface area contributed by atoms with E-state index in [4.69, 9.17) is 4.74 Å². The molecule has 0 aliphatic heterocycles. The highest BCUT2D eigenvalue weighted by Crippen LogP contribution is 2.33. The van der Waals surface area contributed by atoms with Gasteiger partial charge in [-0.2, -0.15) is 0 Å². The zero-order chi connectivity index (χ0) is 15.1. The fraction of sp³-hybridized carbons (Fsp3) is 0.667. The van der Waals surface area contributed by atoms with Crippen LogP contribution < -0.4 is 10.1 Å². The van der Waals surface area contributed by atoms with E-state index < -0.39 is 0 Å². The molecule has 0 heterocycles. The Kier molecular flexibility index (Phi) is 7.05. The van der Waals surface area contributed by atoms with Crippen LogP contribution in [0.25, 0.3) is 0 Å². The van der Waals surface area contributed by atoms with Gasteiger partial charge in [0.05, 0.1) is 11.6 Å². The molecule has 0 saturated heterocycles. The van der Waals surface area contributed by atoms with Crippen molar-refractivity contribution in [2.24, 2.45) is 5.92 Å². The summed E-state index contributed by atoms with van der Waals surface area (Å²) in [7, 11) is 1.71. The second-order valence-electron chi connectivity index (χ2n) is 6.09. The van der Waals surface area contributed by atoms with Crippen molar-refractivity contribution in [3.05, 3.63) is 28.2 Å². The molecule has 1 saturated carbocycles. The van der Waals surface area contributed by atoms with Crippen LogP contribution >= 0.6 is 15.9 Å². The minimum Gasteiger partial charge on any atom is -0.496 e. The van der Waals surface area contributed by atoms with Gasteiger partial charge in [-0.3, -0.25) is 0 Å². The summed E-state index contributed by atoms with van der Waals surface area (Å²) >= 11 is 3.60. The maximum absolute atomic E-state index is 5.33. The molecule has 21 heavy (non-hydrogen) atoms. The average Bonchev–Trinajstić information content (AvgIpc) is 2.52. The zero-order valence-corrected chi connectivity index (χ0v) is 14.9. The first-order valence-electron chi connectivity index (χ1n) is 8.31. The van der Waals surface area contributed by atoms with E-state index in [2.05, 4.69) is 46.4 Å². The van der Waals surface area contributed by atoms with Gasteiger partial charge in [-0.25, -0.2) is 0 Å². The summed E-state index contributed by atoms with van der Waals surface area (Å²) in [6.07, 6.45) is 9.77. The van der Waals surface area contributed by atoms with E-state index in [1.807, 2.05) is 0 Å². The van der Waals surface area contributed by atoms with Gasteiger partial charge >= 0.3 is 0 Å². The molecule has 0 spiro atoms. The van der Waals surface area contributed by atoms with E-state index in [1.165, 1.54) is 50.5 Å². The molecule has 0 radical (unpaired) electrons. The topological polar surface area (TPSA) is 21.3 Å². The third-order valence-corrected chi connectivity index (χ3v) is 5.24. The van der Waals surface area contributed by atoms with Crippen LogP contribution in [0, 0.1) is 5.92 Å². The van der Waals surface area contributed by atoms with E-state index in [0.29, 0.717) is 6.04 Å². The van der Waals surface area contributed by atoms with Gasteiger partial charge in [-0.1, -0.05) is 45.1 Å². The largest absolute Gasteiger partial charge is 0.496 e. The Labute approximate surface area is 137 Å². The smallest absolute Gasteiger partial charge is 0.133 e. The highest BCUT2D eigenvalue weighted by atomic mass is 79.9. The van der Waals surface area contributed by atoms with Crippen molar-refractivity contribution in [1.82, 2.24) is 5.32 Å². The van der Waals surface area contributed by atoms with E-state index in [0.717, 1.165) is 22.7 Å².